The van der Waals surface area contributed by atoms with Crippen LogP contribution in [0.25, 0.3) is 0 Å². The van der Waals surface area contributed by atoms with E-state index >= 15 is 0 Å². The first-order valence-corrected chi connectivity index (χ1v) is 9.20. The molecule has 1 aliphatic carbocycles. The minimum Gasteiger partial charge on any atom is -0.381 e. The lowest BCUT2D eigenvalue weighted by atomic mass is 9.97. The molecule has 0 atom stereocenters. The maximum Gasteiger partial charge on any atom is 0.190 e. The van der Waals surface area contributed by atoms with Crippen molar-refractivity contribution in [2.45, 2.75) is 57.5 Å². The van der Waals surface area contributed by atoms with Crippen molar-refractivity contribution >= 4 is 29.9 Å². The molecule has 0 aromatic heterocycles. The van der Waals surface area contributed by atoms with E-state index in [4.69, 9.17) is 9.47 Å². The van der Waals surface area contributed by atoms with Crippen LogP contribution in [0.2, 0.25) is 0 Å². The van der Waals surface area contributed by atoms with Crippen molar-refractivity contribution in [1.29, 1.82) is 0 Å². The number of rotatable bonds is 8. The van der Waals surface area contributed by atoms with Crippen molar-refractivity contribution in [3.8, 4) is 0 Å². The van der Waals surface area contributed by atoms with Crippen LogP contribution >= 0.6 is 24.0 Å². The van der Waals surface area contributed by atoms with E-state index in [9.17, 15) is 0 Å². The Bertz CT molecular complexity index is 382. The monoisotopic (exact) mass is 451 g/mol. The summed E-state index contributed by atoms with van der Waals surface area (Å²) in [4.78, 5) is 4.28. The summed E-state index contributed by atoms with van der Waals surface area (Å²) in [5.41, 5.74) is 1.60. The Kier molecular flexibility index (Phi) is 12.6. The van der Waals surface area contributed by atoms with E-state index in [1.807, 2.05) is 7.05 Å². The Balaban J connectivity index is 0.00000288. The van der Waals surface area contributed by atoms with Gasteiger partial charge in [-0.3, -0.25) is 4.99 Å². The summed E-state index contributed by atoms with van der Waals surface area (Å²) in [7, 11) is 1.83. The average molecular weight is 451 g/mol. The highest BCUT2D eigenvalue weighted by Crippen LogP contribution is 2.19. The van der Waals surface area contributed by atoms with Gasteiger partial charge in [0.1, 0.15) is 0 Å². The SMILES string of the molecule is CN=C(NCCCOC1CCOCC1)NCCC1=CCCCC1.I. The van der Waals surface area contributed by atoms with Crippen molar-refractivity contribution in [2.24, 2.45) is 4.99 Å². The van der Waals surface area contributed by atoms with Gasteiger partial charge in [-0.05, 0) is 51.4 Å². The van der Waals surface area contributed by atoms with Crippen molar-refractivity contribution in [3.63, 3.8) is 0 Å². The zero-order chi connectivity index (χ0) is 16.2. The smallest absolute Gasteiger partial charge is 0.190 e. The number of nitrogens with zero attached hydrogens (tertiary/aromatic N) is 1. The maximum absolute atomic E-state index is 5.87. The molecule has 0 aromatic carbocycles. The van der Waals surface area contributed by atoms with Gasteiger partial charge in [0, 0.05) is 40.0 Å². The zero-order valence-corrected chi connectivity index (χ0v) is 17.3. The number of aliphatic imine (C=N–C) groups is 1. The first-order valence-electron chi connectivity index (χ1n) is 9.20. The lowest BCUT2D eigenvalue weighted by Crippen LogP contribution is -2.38. The molecule has 1 fully saturated rings. The second kappa shape index (κ2) is 13.9. The van der Waals surface area contributed by atoms with Gasteiger partial charge in [0.05, 0.1) is 6.10 Å². The second-order valence-corrected chi connectivity index (χ2v) is 6.32. The molecule has 2 aliphatic rings. The van der Waals surface area contributed by atoms with Gasteiger partial charge < -0.3 is 20.1 Å². The lowest BCUT2D eigenvalue weighted by Gasteiger charge is -2.22. The molecule has 0 spiro atoms. The fourth-order valence-corrected chi connectivity index (χ4v) is 3.07. The summed E-state index contributed by atoms with van der Waals surface area (Å²) in [6, 6.07) is 0. The van der Waals surface area contributed by atoms with E-state index in [2.05, 4.69) is 21.7 Å². The number of hydrogen-bond acceptors (Lipinski definition) is 3. The van der Waals surface area contributed by atoms with Gasteiger partial charge in [-0.15, -0.1) is 24.0 Å². The number of ether oxygens (including phenoxy) is 2. The standard InChI is InChI=1S/C18H33N3O2.HI/c1-19-18(21-12-8-16-6-3-2-4-7-16)20-11-5-13-23-17-9-14-22-15-10-17;/h6,17H,2-5,7-15H2,1H3,(H2,19,20,21);1H. The van der Waals surface area contributed by atoms with Crippen LogP contribution in [0.5, 0.6) is 0 Å². The lowest BCUT2D eigenvalue weighted by molar-refractivity contribution is -0.0320. The predicted octanol–water partition coefficient (Wildman–Crippen LogP) is 3.25. The predicted molar refractivity (Wildman–Crippen MR) is 110 cm³/mol. The van der Waals surface area contributed by atoms with E-state index < -0.39 is 0 Å². The molecular weight excluding hydrogens is 417 g/mol. The highest BCUT2D eigenvalue weighted by Gasteiger charge is 2.13. The topological polar surface area (TPSA) is 54.9 Å². The van der Waals surface area contributed by atoms with Gasteiger partial charge in [0.15, 0.2) is 5.96 Å². The molecule has 140 valence electrons. The third-order valence-electron chi connectivity index (χ3n) is 4.48. The molecule has 1 saturated heterocycles. The molecular formula is C18H34IN3O2. The molecule has 0 amide bonds. The summed E-state index contributed by atoms with van der Waals surface area (Å²) < 4.78 is 11.2. The normalized spacial score (nSPS) is 19.4. The maximum atomic E-state index is 5.87. The van der Waals surface area contributed by atoms with Crippen LogP contribution < -0.4 is 10.6 Å². The molecule has 0 aromatic rings. The first-order chi connectivity index (χ1) is 11.4. The van der Waals surface area contributed by atoms with Gasteiger partial charge in [-0.2, -0.15) is 0 Å². The number of allylic oxidation sites excluding steroid dienone is 1. The van der Waals surface area contributed by atoms with E-state index in [0.29, 0.717) is 6.10 Å². The molecule has 24 heavy (non-hydrogen) atoms. The Labute approximate surface area is 164 Å². The van der Waals surface area contributed by atoms with E-state index in [1.54, 1.807) is 5.57 Å². The van der Waals surface area contributed by atoms with Crippen molar-refractivity contribution in [3.05, 3.63) is 11.6 Å². The van der Waals surface area contributed by atoms with Gasteiger partial charge in [0.2, 0.25) is 0 Å². The van der Waals surface area contributed by atoms with Crippen LogP contribution in [0.3, 0.4) is 0 Å². The third-order valence-corrected chi connectivity index (χ3v) is 4.48. The summed E-state index contributed by atoms with van der Waals surface area (Å²) >= 11 is 0. The molecule has 5 nitrogen and oxygen atoms in total. The average Bonchev–Trinajstić information content (AvgIpc) is 2.61. The van der Waals surface area contributed by atoms with Gasteiger partial charge in [-0.1, -0.05) is 11.6 Å². The van der Waals surface area contributed by atoms with Gasteiger partial charge in [-0.25, -0.2) is 0 Å². The molecule has 0 saturated carbocycles. The molecule has 1 aliphatic heterocycles. The Morgan fingerprint density at radius 3 is 2.75 bits per heavy atom. The summed E-state index contributed by atoms with van der Waals surface area (Å²) in [5.74, 6) is 0.896. The molecule has 2 N–H and O–H groups in total. The molecule has 0 unspecified atom stereocenters. The molecule has 2 rings (SSSR count). The van der Waals surface area contributed by atoms with E-state index in [1.165, 1.54) is 25.7 Å². The minimum absolute atomic E-state index is 0. The third kappa shape index (κ3) is 9.22. The fraction of sp³-hybridized carbons (Fsp3) is 0.833. The van der Waals surface area contributed by atoms with Crippen molar-refractivity contribution in [2.75, 3.05) is 40.0 Å². The Hall–Kier alpha value is -0.340. The van der Waals surface area contributed by atoms with Crippen LogP contribution in [0, 0.1) is 0 Å². The molecule has 6 heteroatoms. The Morgan fingerprint density at radius 1 is 1.25 bits per heavy atom. The zero-order valence-electron chi connectivity index (χ0n) is 15.0. The van der Waals surface area contributed by atoms with Gasteiger partial charge in [0.25, 0.3) is 0 Å². The summed E-state index contributed by atoms with van der Waals surface area (Å²) in [5, 5.41) is 6.76. The first kappa shape index (κ1) is 21.7. The largest absolute Gasteiger partial charge is 0.381 e. The number of nitrogens with one attached hydrogen (secondary N) is 2. The number of halogens is 1. The Morgan fingerprint density at radius 2 is 2.04 bits per heavy atom. The second-order valence-electron chi connectivity index (χ2n) is 6.32. The van der Waals surface area contributed by atoms with Crippen LogP contribution in [0.1, 0.15) is 51.4 Å². The minimum atomic E-state index is 0. The van der Waals surface area contributed by atoms with E-state index in [-0.39, 0.29) is 24.0 Å². The van der Waals surface area contributed by atoms with Crippen LogP contribution in [-0.2, 0) is 9.47 Å². The highest BCUT2D eigenvalue weighted by molar-refractivity contribution is 14.0. The molecule has 1 heterocycles. The van der Waals surface area contributed by atoms with Gasteiger partial charge >= 0.3 is 0 Å². The van der Waals surface area contributed by atoms with Crippen LogP contribution in [0.4, 0.5) is 0 Å². The van der Waals surface area contributed by atoms with Crippen molar-refractivity contribution < 1.29 is 9.47 Å². The summed E-state index contributed by atoms with van der Waals surface area (Å²) in [6.45, 7) is 4.35. The van der Waals surface area contributed by atoms with E-state index in [0.717, 1.165) is 64.6 Å². The quantitative estimate of drug-likeness (QED) is 0.196. The molecule has 0 radical (unpaired) electrons. The number of hydrogen-bond donors (Lipinski definition) is 2. The van der Waals surface area contributed by atoms with Crippen LogP contribution in [0.15, 0.2) is 16.6 Å². The van der Waals surface area contributed by atoms with Crippen LogP contribution in [-0.4, -0.2) is 52.0 Å². The number of guanidine groups is 1. The highest BCUT2D eigenvalue weighted by atomic mass is 127. The fourth-order valence-electron chi connectivity index (χ4n) is 3.07. The van der Waals surface area contributed by atoms with Crippen molar-refractivity contribution in [1.82, 2.24) is 10.6 Å². The summed E-state index contributed by atoms with van der Waals surface area (Å²) in [6.07, 6.45) is 12.3. The molecule has 0 bridgehead atoms.